The zero-order valence-electron chi connectivity index (χ0n) is 10.8. The van der Waals surface area contributed by atoms with Crippen molar-refractivity contribution in [3.8, 4) is 0 Å². The highest BCUT2D eigenvalue weighted by Gasteiger charge is 2.30. The van der Waals surface area contributed by atoms with Crippen LogP contribution in [0.4, 0.5) is 18.9 Å². The zero-order valence-corrected chi connectivity index (χ0v) is 11.5. The number of hydrogen-bond donors (Lipinski definition) is 0. The van der Waals surface area contributed by atoms with Gasteiger partial charge >= 0.3 is 6.18 Å². The first-order chi connectivity index (χ1) is 9.23. The van der Waals surface area contributed by atoms with Gasteiger partial charge in [0.05, 0.1) is 11.5 Å². The van der Waals surface area contributed by atoms with E-state index in [1.165, 1.54) is 23.1 Å². The van der Waals surface area contributed by atoms with Gasteiger partial charge in [-0.3, -0.25) is 15.0 Å². The summed E-state index contributed by atoms with van der Waals surface area (Å²) in [6.45, 7) is 0.852. The summed E-state index contributed by atoms with van der Waals surface area (Å²) in [6, 6.07) is 3.76. The highest BCUT2D eigenvalue weighted by molar-refractivity contribution is 6.31. The van der Waals surface area contributed by atoms with E-state index < -0.39 is 17.6 Å². The second-order valence-corrected chi connectivity index (χ2v) is 4.77. The summed E-state index contributed by atoms with van der Waals surface area (Å²) in [5.41, 5.74) is 0.131. The number of nitro groups is 1. The van der Waals surface area contributed by atoms with Crippen molar-refractivity contribution >= 4 is 17.3 Å². The van der Waals surface area contributed by atoms with Gasteiger partial charge in [-0.2, -0.15) is 13.2 Å². The summed E-state index contributed by atoms with van der Waals surface area (Å²) in [6.07, 6.45) is -3.77. The van der Waals surface area contributed by atoms with Crippen molar-refractivity contribution in [3.63, 3.8) is 0 Å². The van der Waals surface area contributed by atoms with E-state index in [-0.39, 0.29) is 23.8 Å². The Bertz CT molecular complexity index is 480. The Morgan fingerprint density at radius 3 is 2.55 bits per heavy atom. The third kappa shape index (κ3) is 5.34. The molecule has 1 aromatic rings. The molecule has 0 aliphatic heterocycles. The van der Waals surface area contributed by atoms with Gasteiger partial charge in [0.25, 0.3) is 5.69 Å². The predicted octanol–water partition coefficient (Wildman–Crippen LogP) is 4.02. The average molecular weight is 311 g/mol. The van der Waals surface area contributed by atoms with E-state index in [0.29, 0.717) is 12.0 Å². The van der Waals surface area contributed by atoms with Crippen molar-refractivity contribution in [2.75, 3.05) is 13.1 Å². The molecule has 8 heteroatoms. The number of nitrogens with zero attached hydrogens (tertiary/aromatic N) is 2. The van der Waals surface area contributed by atoms with Crippen LogP contribution < -0.4 is 0 Å². The number of alkyl halides is 3. The van der Waals surface area contributed by atoms with E-state index in [1.807, 2.05) is 0 Å². The fourth-order valence-corrected chi connectivity index (χ4v) is 2.00. The van der Waals surface area contributed by atoms with Crippen LogP contribution in [-0.2, 0) is 6.54 Å². The molecule has 0 saturated heterocycles. The summed E-state index contributed by atoms with van der Waals surface area (Å²) >= 11 is 5.89. The summed E-state index contributed by atoms with van der Waals surface area (Å²) < 4.78 is 37.4. The van der Waals surface area contributed by atoms with Crippen molar-refractivity contribution in [2.24, 2.45) is 0 Å². The number of nitro benzene ring substituents is 1. The molecule has 0 saturated carbocycles. The Hall–Kier alpha value is -1.34. The second kappa shape index (κ2) is 6.90. The van der Waals surface area contributed by atoms with E-state index in [4.69, 9.17) is 11.6 Å². The molecule has 0 aromatic heterocycles. The summed E-state index contributed by atoms with van der Waals surface area (Å²) in [7, 11) is 0. The lowest BCUT2D eigenvalue weighted by Gasteiger charge is -2.23. The molecule has 0 aliphatic rings. The van der Waals surface area contributed by atoms with Crippen LogP contribution in [0.3, 0.4) is 0 Å². The molecule has 0 N–H and O–H groups in total. The quantitative estimate of drug-likeness (QED) is 0.589. The molecule has 0 atom stereocenters. The van der Waals surface area contributed by atoms with E-state index in [1.54, 1.807) is 6.92 Å². The molecular formula is C12H14ClF3N2O2. The Morgan fingerprint density at radius 1 is 1.40 bits per heavy atom. The van der Waals surface area contributed by atoms with Crippen LogP contribution in [0.25, 0.3) is 0 Å². The highest BCUT2D eigenvalue weighted by Crippen LogP contribution is 2.25. The monoisotopic (exact) mass is 310 g/mol. The Labute approximate surface area is 119 Å². The first kappa shape index (κ1) is 16.7. The molecule has 0 amide bonds. The minimum absolute atomic E-state index is 0.0755. The largest absolute Gasteiger partial charge is 0.401 e. The van der Waals surface area contributed by atoms with Crippen molar-refractivity contribution in [2.45, 2.75) is 26.1 Å². The topological polar surface area (TPSA) is 46.4 Å². The van der Waals surface area contributed by atoms with Crippen LogP contribution in [0.15, 0.2) is 18.2 Å². The molecular weight excluding hydrogens is 297 g/mol. The van der Waals surface area contributed by atoms with E-state index in [9.17, 15) is 23.3 Å². The Balaban J connectivity index is 2.92. The summed E-state index contributed by atoms with van der Waals surface area (Å²) in [4.78, 5) is 11.2. The fourth-order valence-electron chi connectivity index (χ4n) is 1.82. The maximum absolute atomic E-state index is 12.5. The highest BCUT2D eigenvalue weighted by atomic mass is 35.5. The van der Waals surface area contributed by atoms with Gasteiger partial charge in [-0.05, 0) is 24.6 Å². The van der Waals surface area contributed by atoms with Gasteiger partial charge in [-0.25, -0.2) is 0 Å². The molecule has 0 aliphatic carbocycles. The second-order valence-electron chi connectivity index (χ2n) is 4.36. The molecule has 0 spiro atoms. The number of non-ortho nitro benzene ring substituents is 1. The van der Waals surface area contributed by atoms with Crippen molar-refractivity contribution in [1.82, 2.24) is 4.90 Å². The lowest BCUT2D eigenvalue weighted by Crippen LogP contribution is -2.34. The number of hydrogen-bond acceptors (Lipinski definition) is 3. The van der Waals surface area contributed by atoms with E-state index in [2.05, 4.69) is 0 Å². The van der Waals surface area contributed by atoms with Crippen LogP contribution in [0.1, 0.15) is 18.9 Å². The Morgan fingerprint density at radius 2 is 2.05 bits per heavy atom. The summed E-state index contributed by atoms with van der Waals surface area (Å²) in [5.74, 6) is 0. The molecule has 0 unspecified atom stereocenters. The minimum Gasteiger partial charge on any atom is -0.291 e. The molecule has 1 rings (SSSR count). The van der Waals surface area contributed by atoms with Crippen LogP contribution in [0.5, 0.6) is 0 Å². The normalized spacial score (nSPS) is 11.9. The standard InChI is InChI=1S/C12H14ClF3N2O2/c1-2-5-17(8-12(14,15)16)7-9-6-10(18(19)20)3-4-11(9)13/h3-4,6H,2,5,7-8H2,1H3. The van der Waals surface area contributed by atoms with Crippen LogP contribution >= 0.6 is 11.6 Å². The van der Waals surface area contributed by atoms with Crippen LogP contribution in [-0.4, -0.2) is 29.1 Å². The molecule has 0 heterocycles. The maximum atomic E-state index is 12.5. The van der Waals surface area contributed by atoms with Crippen LogP contribution in [0.2, 0.25) is 5.02 Å². The number of rotatable bonds is 6. The predicted molar refractivity (Wildman–Crippen MR) is 69.7 cm³/mol. The van der Waals surface area contributed by atoms with Crippen molar-refractivity contribution in [3.05, 3.63) is 38.9 Å². The third-order valence-electron chi connectivity index (χ3n) is 2.58. The van der Waals surface area contributed by atoms with Crippen molar-refractivity contribution < 1.29 is 18.1 Å². The minimum atomic E-state index is -4.32. The van der Waals surface area contributed by atoms with Gasteiger partial charge in [0.1, 0.15) is 0 Å². The SMILES string of the molecule is CCCN(Cc1cc([N+](=O)[O-])ccc1Cl)CC(F)(F)F. The Kier molecular flexibility index (Phi) is 5.76. The van der Waals surface area contributed by atoms with Gasteiger partial charge in [0.15, 0.2) is 0 Å². The van der Waals surface area contributed by atoms with Crippen LogP contribution in [0, 0.1) is 10.1 Å². The fraction of sp³-hybridized carbons (Fsp3) is 0.500. The van der Waals surface area contributed by atoms with Gasteiger partial charge in [0, 0.05) is 23.7 Å². The first-order valence-corrected chi connectivity index (χ1v) is 6.32. The molecule has 0 radical (unpaired) electrons. The van der Waals surface area contributed by atoms with Gasteiger partial charge in [-0.15, -0.1) is 0 Å². The summed E-state index contributed by atoms with van der Waals surface area (Å²) in [5, 5.41) is 10.9. The average Bonchev–Trinajstić information content (AvgIpc) is 2.29. The molecule has 112 valence electrons. The molecule has 4 nitrogen and oxygen atoms in total. The third-order valence-corrected chi connectivity index (χ3v) is 2.95. The maximum Gasteiger partial charge on any atom is 0.401 e. The van der Waals surface area contributed by atoms with E-state index in [0.717, 1.165) is 0 Å². The lowest BCUT2D eigenvalue weighted by atomic mass is 10.2. The van der Waals surface area contributed by atoms with Gasteiger partial charge in [0.2, 0.25) is 0 Å². The first-order valence-electron chi connectivity index (χ1n) is 5.95. The molecule has 0 bridgehead atoms. The lowest BCUT2D eigenvalue weighted by molar-refractivity contribution is -0.384. The zero-order chi connectivity index (χ0) is 15.3. The molecule has 1 aromatic carbocycles. The number of halogens is 4. The van der Waals surface area contributed by atoms with Crippen molar-refractivity contribution in [1.29, 1.82) is 0 Å². The molecule has 20 heavy (non-hydrogen) atoms. The molecule has 0 fully saturated rings. The van der Waals surface area contributed by atoms with Gasteiger partial charge < -0.3 is 0 Å². The smallest absolute Gasteiger partial charge is 0.291 e. The number of benzene rings is 1. The van der Waals surface area contributed by atoms with E-state index >= 15 is 0 Å². The van der Waals surface area contributed by atoms with Gasteiger partial charge in [-0.1, -0.05) is 18.5 Å².